The summed E-state index contributed by atoms with van der Waals surface area (Å²) >= 11 is 0. The zero-order valence-electron chi connectivity index (χ0n) is 24.8. The van der Waals surface area contributed by atoms with Crippen LogP contribution in [0.25, 0.3) is 6.08 Å². The van der Waals surface area contributed by atoms with E-state index >= 15 is 0 Å². The Labute approximate surface area is 244 Å². The highest BCUT2D eigenvalue weighted by Gasteiger charge is 2.61. The van der Waals surface area contributed by atoms with Gasteiger partial charge in [-0.15, -0.1) is 0 Å². The molecule has 1 aromatic rings. The Balaban J connectivity index is 0.000000219. The van der Waals surface area contributed by atoms with E-state index in [1.165, 1.54) is 50.0 Å². The topological polar surface area (TPSA) is 122 Å². The van der Waals surface area contributed by atoms with Gasteiger partial charge in [-0.25, -0.2) is 4.79 Å². The molecule has 0 spiro atoms. The van der Waals surface area contributed by atoms with Gasteiger partial charge in [0.2, 0.25) is 0 Å². The molecule has 0 aromatic heterocycles. The number of piperazine rings is 1. The summed E-state index contributed by atoms with van der Waals surface area (Å²) in [5.74, 6) is 1.80. The Hall–Kier alpha value is -2.42. The Morgan fingerprint density at radius 2 is 1.73 bits per heavy atom. The predicted molar refractivity (Wildman–Crippen MR) is 157 cm³/mol. The lowest BCUT2D eigenvalue weighted by Crippen LogP contribution is -2.61. The molecule has 7 unspecified atom stereocenters. The number of likely N-dealkylation sites (N-methyl/N-ethyl adjacent to an activating group) is 1. The maximum absolute atomic E-state index is 12.7. The van der Waals surface area contributed by atoms with Crippen LogP contribution < -0.4 is 0 Å². The van der Waals surface area contributed by atoms with E-state index in [9.17, 15) is 14.7 Å². The number of aliphatic carboxylic acids is 1. The summed E-state index contributed by atoms with van der Waals surface area (Å²) in [5.41, 5.74) is 0.844. The van der Waals surface area contributed by atoms with E-state index in [0.29, 0.717) is 34.6 Å². The molecule has 0 radical (unpaired) electrons. The number of aliphatic hydroxyl groups excluding tert-OH is 1. The van der Waals surface area contributed by atoms with Crippen LogP contribution in [0, 0.1) is 34.5 Å². The monoisotopic (exact) mass is 568 g/mol. The Bertz CT molecular complexity index is 1160. The fourth-order valence-corrected chi connectivity index (χ4v) is 9.38. The van der Waals surface area contributed by atoms with Crippen molar-refractivity contribution in [1.29, 1.82) is 0 Å². The normalized spacial score (nSPS) is 39.4. The van der Waals surface area contributed by atoms with Crippen LogP contribution in [0.2, 0.25) is 0 Å². The molecule has 1 aliphatic heterocycles. The second-order valence-electron chi connectivity index (χ2n) is 13.9. The van der Waals surface area contributed by atoms with Crippen LogP contribution >= 0.6 is 0 Å². The van der Waals surface area contributed by atoms with Gasteiger partial charge in [-0.2, -0.15) is 0 Å². The molecule has 6 rings (SSSR count). The number of benzene rings is 1. The molecule has 8 nitrogen and oxygen atoms in total. The van der Waals surface area contributed by atoms with E-state index in [4.69, 9.17) is 15.3 Å². The van der Waals surface area contributed by atoms with Crippen molar-refractivity contribution < 1.29 is 30.0 Å². The molecule has 41 heavy (non-hydrogen) atoms. The fraction of sp³-hybridized carbons (Fsp3) is 0.697. The number of hydrogen-bond acceptors (Lipinski definition) is 7. The van der Waals surface area contributed by atoms with Crippen molar-refractivity contribution in [2.45, 2.75) is 77.4 Å². The highest BCUT2D eigenvalue weighted by molar-refractivity contribution is 5.87. The summed E-state index contributed by atoms with van der Waals surface area (Å²) < 4.78 is 0. The molecule has 0 bridgehead atoms. The molecule has 4 aliphatic carbocycles. The third-order valence-corrected chi connectivity index (χ3v) is 11.8. The minimum atomic E-state index is -1.06. The van der Waals surface area contributed by atoms with Gasteiger partial charge in [0.1, 0.15) is 5.78 Å². The van der Waals surface area contributed by atoms with Crippen molar-refractivity contribution in [3.63, 3.8) is 0 Å². The largest absolute Gasteiger partial charge is 0.504 e. The van der Waals surface area contributed by atoms with Crippen molar-refractivity contribution in [2.24, 2.45) is 34.5 Å². The lowest BCUT2D eigenvalue weighted by Gasteiger charge is -2.62. The van der Waals surface area contributed by atoms with Crippen molar-refractivity contribution in [3.8, 4) is 11.5 Å². The van der Waals surface area contributed by atoms with Gasteiger partial charge >= 0.3 is 5.97 Å². The van der Waals surface area contributed by atoms with Crippen LogP contribution in [0.5, 0.6) is 11.5 Å². The van der Waals surface area contributed by atoms with E-state index in [1.807, 2.05) is 0 Å². The molecule has 4 saturated carbocycles. The first-order chi connectivity index (χ1) is 19.4. The lowest BCUT2D eigenvalue weighted by atomic mass is 9.44. The Morgan fingerprint density at radius 3 is 2.41 bits per heavy atom. The third kappa shape index (κ3) is 5.80. The number of carboxylic acid groups (broad SMARTS) is 1. The fourth-order valence-electron chi connectivity index (χ4n) is 9.38. The van der Waals surface area contributed by atoms with Gasteiger partial charge in [0.25, 0.3) is 0 Å². The summed E-state index contributed by atoms with van der Waals surface area (Å²) in [4.78, 5) is 27.8. The molecule has 5 aliphatic rings. The minimum absolute atomic E-state index is 0.0185. The Morgan fingerprint density at radius 1 is 1.00 bits per heavy atom. The van der Waals surface area contributed by atoms with E-state index in [1.54, 1.807) is 0 Å². The van der Waals surface area contributed by atoms with Gasteiger partial charge in [-0.1, -0.05) is 19.9 Å². The number of phenols is 2. The molecule has 1 aromatic carbocycles. The standard InChI is InChI=1S/C24H40N2O2.C9H8O4/c1-23-9-8-19-17(18(23)6-7-22(23)28)5-4-16-14-21(27)20(15-24(16,19)2)26-12-10-25(3)11-13-26;10-7-3-1-6(5-8(7)11)2-4-9(12)13/h16-21,27H,4-15H2,1-3H3;1-5,10-11H,(H,12,13)/b;4-2+/t16?,17?,18?,19?,20?,21-,23?,24?;/m1./s1. The zero-order valence-corrected chi connectivity index (χ0v) is 24.8. The lowest BCUT2D eigenvalue weighted by molar-refractivity contribution is -0.154. The highest BCUT2D eigenvalue weighted by Crippen LogP contribution is 2.65. The minimum Gasteiger partial charge on any atom is -0.504 e. The molecule has 5 fully saturated rings. The molecule has 4 N–H and O–H groups in total. The van der Waals surface area contributed by atoms with Crippen LogP contribution in [0.15, 0.2) is 24.3 Å². The molecule has 226 valence electrons. The molecule has 1 heterocycles. The summed E-state index contributed by atoms with van der Waals surface area (Å²) in [5, 5.41) is 37.3. The first kappa shape index (κ1) is 30.1. The number of nitrogens with zero attached hydrogens (tertiary/aromatic N) is 2. The van der Waals surface area contributed by atoms with Gasteiger partial charge < -0.3 is 25.3 Å². The van der Waals surface area contributed by atoms with Gasteiger partial charge in [-0.3, -0.25) is 9.69 Å². The summed E-state index contributed by atoms with van der Waals surface area (Å²) in [6, 6.07) is 4.40. The summed E-state index contributed by atoms with van der Waals surface area (Å²) in [7, 11) is 2.21. The quantitative estimate of drug-likeness (QED) is 0.313. The van der Waals surface area contributed by atoms with Crippen molar-refractivity contribution in [1.82, 2.24) is 9.80 Å². The first-order valence-electron chi connectivity index (χ1n) is 15.5. The molecular formula is C33H48N2O6. The van der Waals surface area contributed by atoms with E-state index in [-0.39, 0.29) is 23.0 Å². The molecular weight excluding hydrogens is 520 g/mol. The van der Waals surface area contributed by atoms with Gasteiger partial charge in [0.05, 0.1) is 6.10 Å². The Kier molecular flexibility index (Phi) is 8.57. The number of carboxylic acids is 1. The maximum atomic E-state index is 12.7. The second-order valence-corrected chi connectivity index (χ2v) is 13.9. The summed E-state index contributed by atoms with van der Waals surface area (Å²) in [6.45, 7) is 9.30. The highest BCUT2D eigenvalue weighted by atomic mass is 16.4. The van der Waals surface area contributed by atoms with Crippen molar-refractivity contribution in [2.75, 3.05) is 33.2 Å². The number of phenolic OH excluding ortho intramolecular Hbond substituents is 2. The molecule has 8 heteroatoms. The predicted octanol–water partition coefficient (Wildman–Crippen LogP) is 4.38. The van der Waals surface area contributed by atoms with Crippen molar-refractivity contribution in [3.05, 3.63) is 29.8 Å². The number of rotatable bonds is 3. The zero-order chi connectivity index (χ0) is 29.5. The number of aliphatic hydroxyl groups is 1. The van der Waals surface area contributed by atoms with Crippen LogP contribution in [-0.4, -0.2) is 87.4 Å². The van der Waals surface area contributed by atoms with Crippen LogP contribution in [0.3, 0.4) is 0 Å². The van der Waals surface area contributed by atoms with E-state index in [2.05, 4.69) is 30.7 Å². The van der Waals surface area contributed by atoms with Crippen LogP contribution in [0.4, 0.5) is 0 Å². The average Bonchev–Trinajstić information content (AvgIpc) is 3.24. The van der Waals surface area contributed by atoms with Crippen LogP contribution in [0.1, 0.15) is 70.8 Å². The summed E-state index contributed by atoms with van der Waals surface area (Å²) in [6.07, 6.45) is 11.2. The maximum Gasteiger partial charge on any atom is 0.328 e. The van der Waals surface area contributed by atoms with Gasteiger partial charge in [-0.05, 0) is 105 Å². The van der Waals surface area contributed by atoms with E-state index in [0.717, 1.165) is 69.8 Å². The average molecular weight is 569 g/mol. The molecule has 1 saturated heterocycles. The van der Waals surface area contributed by atoms with E-state index < -0.39 is 5.97 Å². The molecule has 8 atom stereocenters. The second kappa shape index (κ2) is 11.7. The number of fused-ring (bicyclic) bond motifs is 5. The number of ketones is 1. The number of carbonyl (C=O) groups is 2. The number of Topliss-reactive ketones (excluding diaryl/α,β-unsaturated/α-hetero) is 1. The number of aromatic hydroxyl groups is 2. The molecule has 0 amide bonds. The van der Waals surface area contributed by atoms with Gasteiger partial charge in [0, 0.05) is 50.1 Å². The number of hydrogen-bond donors (Lipinski definition) is 4. The third-order valence-electron chi connectivity index (χ3n) is 11.8. The smallest absolute Gasteiger partial charge is 0.328 e. The number of carbonyl (C=O) groups excluding carboxylic acids is 1. The van der Waals surface area contributed by atoms with Crippen LogP contribution in [-0.2, 0) is 9.59 Å². The van der Waals surface area contributed by atoms with Gasteiger partial charge in [0.15, 0.2) is 11.5 Å². The van der Waals surface area contributed by atoms with Crippen molar-refractivity contribution >= 4 is 17.8 Å². The first-order valence-corrected chi connectivity index (χ1v) is 15.5. The SMILES string of the molecule is CN1CCN(C2CC3(C)C(CCC4C5CCC(=O)C5(C)CCC43)C[C@H]2O)CC1.O=C(O)/C=C/c1ccc(O)c(O)c1.